The van der Waals surface area contributed by atoms with E-state index in [1.54, 1.807) is 6.20 Å². The fraction of sp³-hybridized carbons (Fsp3) is 0.312. The van der Waals surface area contributed by atoms with Gasteiger partial charge in [0.2, 0.25) is 0 Å². The van der Waals surface area contributed by atoms with Crippen LogP contribution in [0.2, 0.25) is 0 Å². The number of nitrogens with zero attached hydrogens (tertiary/aromatic N) is 1. The molecule has 1 heterocycles. The van der Waals surface area contributed by atoms with Crippen molar-refractivity contribution < 1.29 is 9.84 Å². The Kier molecular flexibility index (Phi) is 4.53. The number of benzene rings is 1. The van der Waals surface area contributed by atoms with Crippen molar-refractivity contribution in [1.29, 1.82) is 0 Å². The van der Waals surface area contributed by atoms with Crippen LogP contribution in [0.5, 0.6) is 5.75 Å². The Balaban J connectivity index is 2.13. The van der Waals surface area contributed by atoms with E-state index in [1.165, 1.54) is 0 Å². The highest BCUT2D eigenvalue weighted by Gasteiger charge is 2.10. The van der Waals surface area contributed by atoms with E-state index in [4.69, 9.17) is 4.74 Å². The van der Waals surface area contributed by atoms with Gasteiger partial charge in [0.15, 0.2) is 0 Å². The van der Waals surface area contributed by atoms with Gasteiger partial charge in [-0.2, -0.15) is 0 Å². The Morgan fingerprint density at radius 2 is 1.89 bits per heavy atom. The summed E-state index contributed by atoms with van der Waals surface area (Å²) in [5, 5.41) is 10.3. The first-order chi connectivity index (χ1) is 9.20. The summed E-state index contributed by atoms with van der Waals surface area (Å²) < 4.78 is 5.52. The molecule has 0 bridgehead atoms. The zero-order chi connectivity index (χ0) is 13.7. The van der Waals surface area contributed by atoms with Crippen LogP contribution in [0.25, 0.3) is 0 Å². The molecular weight excluding hydrogens is 238 g/mol. The Bertz CT molecular complexity index is 523. The molecular formula is C16H19NO2. The van der Waals surface area contributed by atoms with E-state index >= 15 is 0 Å². The summed E-state index contributed by atoms with van der Waals surface area (Å²) in [5.41, 5.74) is 2.61. The smallest absolute Gasteiger partial charge is 0.119 e. The molecule has 0 spiro atoms. The number of rotatable bonds is 5. The molecule has 1 N–H and O–H groups in total. The number of hydrogen-bond donors (Lipinski definition) is 1. The van der Waals surface area contributed by atoms with Gasteiger partial charge in [-0.15, -0.1) is 0 Å². The van der Waals surface area contributed by atoms with E-state index in [9.17, 15) is 5.11 Å². The van der Waals surface area contributed by atoms with Crippen LogP contribution >= 0.6 is 0 Å². The maximum atomic E-state index is 10.3. The predicted octanol–water partition coefficient (Wildman–Crippen LogP) is 3.26. The summed E-state index contributed by atoms with van der Waals surface area (Å²) in [6.07, 6.45) is 2.08. The van der Waals surface area contributed by atoms with Gasteiger partial charge in [0.05, 0.1) is 6.61 Å². The maximum absolute atomic E-state index is 10.3. The monoisotopic (exact) mass is 257 g/mol. The van der Waals surface area contributed by atoms with Crippen molar-refractivity contribution in [2.45, 2.75) is 26.4 Å². The zero-order valence-electron chi connectivity index (χ0n) is 11.3. The van der Waals surface area contributed by atoms with Gasteiger partial charge in [-0.25, -0.2) is 0 Å². The molecule has 1 atom stereocenters. The second-order valence-corrected chi connectivity index (χ2v) is 4.55. The van der Waals surface area contributed by atoms with Crippen molar-refractivity contribution in [2.75, 3.05) is 6.61 Å². The lowest BCUT2D eigenvalue weighted by molar-refractivity contribution is 0.220. The van der Waals surface area contributed by atoms with Crippen LogP contribution in [0.3, 0.4) is 0 Å². The fourth-order valence-corrected chi connectivity index (χ4v) is 1.90. The first-order valence-corrected chi connectivity index (χ1v) is 6.54. The molecule has 0 fully saturated rings. The van der Waals surface area contributed by atoms with E-state index in [0.29, 0.717) is 6.61 Å². The van der Waals surface area contributed by atoms with Crippen LogP contribution in [0.15, 0.2) is 42.6 Å². The van der Waals surface area contributed by atoms with Crippen LogP contribution in [0.4, 0.5) is 0 Å². The Morgan fingerprint density at radius 1 is 1.16 bits per heavy atom. The van der Waals surface area contributed by atoms with Gasteiger partial charge < -0.3 is 9.84 Å². The highest BCUT2D eigenvalue weighted by molar-refractivity contribution is 5.34. The molecule has 1 aromatic heterocycles. The lowest BCUT2D eigenvalue weighted by Gasteiger charge is -2.12. The molecule has 100 valence electrons. The molecule has 1 unspecified atom stereocenters. The summed E-state index contributed by atoms with van der Waals surface area (Å²) in [4.78, 5) is 4.13. The van der Waals surface area contributed by atoms with E-state index in [0.717, 1.165) is 29.0 Å². The van der Waals surface area contributed by atoms with Gasteiger partial charge in [0, 0.05) is 11.9 Å². The second-order valence-electron chi connectivity index (χ2n) is 4.55. The highest BCUT2D eigenvalue weighted by atomic mass is 16.5. The molecule has 0 aliphatic heterocycles. The molecule has 0 saturated carbocycles. The highest BCUT2D eigenvalue weighted by Crippen LogP contribution is 2.24. The van der Waals surface area contributed by atoms with Crippen LogP contribution < -0.4 is 4.74 Å². The van der Waals surface area contributed by atoms with Crippen molar-refractivity contribution in [2.24, 2.45) is 0 Å². The van der Waals surface area contributed by atoms with Crippen molar-refractivity contribution in [3.05, 3.63) is 59.4 Å². The molecule has 3 nitrogen and oxygen atoms in total. The lowest BCUT2D eigenvalue weighted by Crippen LogP contribution is -2.01. The molecule has 2 aromatic rings. The van der Waals surface area contributed by atoms with Gasteiger partial charge >= 0.3 is 0 Å². The third-order valence-corrected chi connectivity index (χ3v) is 2.91. The molecule has 1 aromatic carbocycles. The third kappa shape index (κ3) is 3.55. The molecule has 0 amide bonds. The lowest BCUT2D eigenvalue weighted by atomic mass is 10.0. The van der Waals surface area contributed by atoms with E-state index in [1.807, 2.05) is 43.3 Å². The summed E-state index contributed by atoms with van der Waals surface area (Å²) in [6.45, 7) is 4.70. The number of hydrogen-bond acceptors (Lipinski definition) is 3. The summed E-state index contributed by atoms with van der Waals surface area (Å²) in [6, 6.07) is 11.3. The Morgan fingerprint density at radius 3 is 2.53 bits per heavy atom. The quantitative estimate of drug-likeness (QED) is 0.894. The zero-order valence-corrected chi connectivity index (χ0v) is 11.3. The maximum Gasteiger partial charge on any atom is 0.119 e. The summed E-state index contributed by atoms with van der Waals surface area (Å²) in [5.74, 6) is 0.837. The molecule has 0 radical (unpaired) electrons. The van der Waals surface area contributed by atoms with E-state index in [2.05, 4.69) is 11.9 Å². The summed E-state index contributed by atoms with van der Waals surface area (Å²) in [7, 11) is 0. The predicted molar refractivity (Wildman–Crippen MR) is 75.3 cm³/mol. The molecule has 19 heavy (non-hydrogen) atoms. The van der Waals surface area contributed by atoms with Gasteiger partial charge in [-0.1, -0.05) is 19.1 Å². The average molecular weight is 257 g/mol. The minimum absolute atomic E-state index is 0.623. The molecule has 0 saturated heterocycles. The molecule has 2 rings (SSSR count). The first kappa shape index (κ1) is 13.6. The average Bonchev–Trinajstić information content (AvgIpc) is 2.45. The Hall–Kier alpha value is -1.87. The van der Waals surface area contributed by atoms with Crippen LogP contribution in [-0.4, -0.2) is 16.7 Å². The number of aromatic nitrogens is 1. The van der Waals surface area contributed by atoms with Crippen molar-refractivity contribution in [3.8, 4) is 5.75 Å². The van der Waals surface area contributed by atoms with Crippen molar-refractivity contribution >= 4 is 0 Å². The number of ether oxygens (including phenoxy) is 1. The Labute approximate surface area is 113 Å². The largest absolute Gasteiger partial charge is 0.494 e. The minimum Gasteiger partial charge on any atom is -0.494 e. The first-order valence-electron chi connectivity index (χ1n) is 6.54. The van der Waals surface area contributed by atoms with Gasteiger partial charge in [0.25, 0.3) is 0 Å². The number of aliphatic hydroxyl groups is 1. The molecule has 3 heteroatoms. The molecule has 0 aliphatic carbocycles. The second kappa shape index (κ2) is 6.34. The molecule has 0 aliphatic rings. The van der Waals surface area contributed by atoms with E-state index < -0.39 is 6.10 Å². The van der Waals surface area contributed by atoms with Gasteiger partial charge in [-0.3, -0.25) is 4.98 Å². The van der Waals surface area contributed by atoms with Crippen molar-refractivity contribution in [1.82, 2.24) is 4.98 Å². The normalized spacial score (nSPS) is 12.2. The van der Waals surface area contributed by atoms with Crippen LogP contribution in [0, 0.1) is 6.92 Å². The van der Waals surface area contributed by atoms with Gasteiger partial charge in [-0.05, 0) is 48.7 Å². The van der Waals surface area contributed by atoms with Crippen molar-refractivity contribution in [3.63, 3.8) is 0 Å². The summed E-state index contributed by atoms with van der Waals surface area (Å²) >= 11 is 0. The fourth-order valence-electron chi connectivity index (χ4n) is 1.90. The van der Waals surface area contributed by atoms with Crippen LogP contribution in [-0.2, 0) is 0 Å². The van der Waals surface area contributed by atoms with Crippen LogP contribution in [0.1, 0.15) is 36.3 Å². The third-order valence-electron chi connectivity index (χ3n) is 2.91. The number of aryl methyl sites for hydroxylation is 1. The van der Waals surface area contributed by atoms with E-state index in [-0.39, 0.29) is 0 Å². The standard InChI is InChI=1S/C16H19NO2/c1-3-10-19-15-6-4-13(5-7-15)16(18)14-8-9-17-12(2)11-14/h4-9,11,16,18H,3,10H2,1-2H3. The topological polar surface area (TPSA) is 42.4 Å². The SMILES string of the molecule is CCCOc1ccc(C(O)c2ccnc(C)c2)cc1. The number of pyridine rings is 1. The minimum atomic E-state index is -0.623. The van der Waals surface area contributed by atoms with Gasteiger partial charge in [0.1, 0.15) is 11.9 Å². The number of aliphatic hydroxyl groups excluding tert-OH is 1.